The van der Waals surface area contributed by atoms with Crippen LogP contribution in [-0.2, 0) is 9.53 Å². The van der Waals surface area contributed by atoms with Gasteiger partial charge in [0, 0.05) is 6.42 Å². The van der Waals surface area contributed by atoms with Crippen molar-refractivity contribution in [3.8, 4) is 0 Å². The number of ether oxygens (including phenoxy) is 1. The van der Waals surface area contributed by atoms with E-state index < -0.39 is 0 Å². The van der Waals surface area contributed by atoms with E-state index in [2.05, 4.69) is 6.92 Å². The lowest BCUT2D eigenvalue weighted by molar-refractivity contribution is -0.150. The molecule has 1 aliphatic heterocycles. The van der Waals surface area contributed by atoms with Gasteiger partial charge in [-0.15, -0.1) is 0 Å². The molecule has 0 aromatic rings. The van der Waals surface area contributed by atoms with Crippen molar-refractivity contribution >= 4 is 5.97 Å². The first-order valence-electron chi connectivity index (χ1n) is 11.5. The van der Waals surface area contributed by atoms with E-state index in [0.29, 0.717) is 6.42 Å². The first-order chi connectivity index (χ1) is 12.3. The molecular weight excluding hydrogens is 308 g/mol. The van der Waals surface area contributed by atoms with E-state index in [1.54, 1.807) is 0 Å². The maximum Gasteiger partial charge on any atom is 0.306 e. The molecule has 25 heavy (non-hydrogen) atoms. The van der Waals surface area contributed by atoms with Crippen LogP contribution in [0, 0.1) is 0 Å². The second-order valence-electron chi connectivity index (χ2n) is 8.10. The molecule has 0 N–H and O–H groups in total. The summed E-state index contributed by atoms with van der Waals surface area (Å²) in [6.07, 6.45) is 25.4. The number of cyclic esters (lactones) is 1. The minimum Gasteiger partial charge on any atom is -0.462 e. The third-order valence-corrected chi connectivity index (χ3v) is 5.58. The van der Waals surface area contributed by atoms with Crippen LogP contribution < -0.4 is 0 Å². The van der Waals surface area contributed by atoms with Crippen LogP contribution in [0.1, 0.15) is 135 Å². The van der Waals surface area contributed by atoms with Gasteiger partial charge in [-0.3, -0.25) is 4.79 Å². The van der Waals surface area contributed by atoms with Crippen molar-refractivity contribution in [2.45, 2.75) is 141 Å². The highest BCUT2D eigenvalue weighted by Gasteiger charge is 2.14. The van der Waals surface area contributed by atoms with Crippen LogP contribution in [-0.4, -0.2) is 12.1 Å². The molecule has 0 radical (unpaired) electrons. The van der Waals surface area contributed by atoms with E-state index in [9.17, 15) is 4.79 Å². The molecule has 0 saturated carbocycles. The van der Waals surface area contributed by atoms with Gasteiger partial charge in [-0.25, -0.2) is 0 Å². The monoisotopic (exact) mass is 352 g/mol. The highest BCUT2D eigenvalue weighted by Crippen LogP contribution is 2.19. The average Bonchev–Trinajstić information content (AvgIpc) is 2.60. The van der Waals surface area contributed by atoms with Crippen LogP contribution in [0.4, 0.5) is 0 Å². The third-order valence-electron chi connectivity index (χ3n) is 5.58. The third kappa shape index (κ3) is 14.3. The number of carbonyl (C=O) groups is 1. The summed E-state index contributed by atoms with van der Waals surface area (Å²) in [6, 6.07) is 0. The minimum atomic E-state index is 0.0534. The molecule has 0 spiro atoms. The molecule has 1 aliphatic rings. The van der Waals surface area contributed by atoms with Crippen LogP contribution in [0.3, 0.4) is 0 Å². The Kier molecular flexibility index (Phi) is 15.2. The van der Waals surface area contributed by atoms with Crippen molar-refractivity contribution in [3.63, 3.8) is 0 Å². The van der Waals surface area contributed by atoms with Gasteiger partial charge in [0.2, 0.25) is 0 Å². The molecule has 1 saturated heterocycles. The lowest BCUT2D eigenvalue weighted by Gasteiger charge is -2.19. The zero-order chi connectivity index (χ0) is 18.0. The fourth-order valence-corrected chi connectivity index (χ4v) is 3.89. The minimum absolute atomic E-state index is 0.0534. The van der Waals surface area contributed by atoms with Gasteiger partial charge in [-0.05, 0) is 32.1 Å². The van der Waals surface area contributed by atoms with Crippen molar-refractivity contribution in [3.05, 3.63) is 0 Å². The summed E-state index contributed by atoms with van der Waals surface area (Å²) < 4.78 is 5.77. The molecule has 1 unspecified atom stereocenters. The van der Waals surface area contributed by atoms with E-state index in [1.165, 1.54) is 103 Å². The summed E-state index contributed by atoms with van der Waals surface area (Å²) in [5, 5.41) is 0. The maximum atomic E-state index is 12.0. The predicted molar refractivity (Wildman–Crippen MR) is 108 cm³/mol. The standard InChI is InChI=1S/C23H44O2/c1-2-3-4-5-6-7-8-10-13-16-19-22-20-17-14-11-9-12-15-18-21-23(24)25-22/h22H,2-21H2,1H3. The Morgan fingerprint density at radius 3 is 1.88 bits per heavy atom. The lowest BCUT2D eigenvalue weighted by atomic mass is 10.0. The number of carbonyl (C=O) groups excluding carboxylic acids is 1. The summed E-state index contributed by atoms with van der Waals surface area (Å²) in [5.41, 5.74) is 0. The number of hydrogen-bond donors (Lipinski definition) is 0. The Labute approximate surface area is 157 Å². The van der Waals surface area contributed by atoms with Crippen molar-refractivity contribution < 1.29 is 9.53 Å². The molecule has 0 aliphatic carbocycles. The fraction of sp³-hybridized carbons (Fsp3) is 0.957. The first kappa shape index (κ1) is 22.5. The van der Waals surface area contributed by atoms with Gasteiger partial charge in [0.25, 0.3) is 0 Å². The highest BCUT2D eigenvalue weighted by molar-refractivity contribution is 5.69. The van der Waals surface area contributed by atoms with Crippen molar-refractivity contribution in [1.82, 2.24) is 0 Å². The van der Waals surface area contributed by atoms with Crippen LogP contribution >= 0.6 is 0 Å². The Morgan fingerprint density at radius 2 is 1.24 bits per heavy atom. The highest BCUT2D eigenvalue weighted by atomic mass is 16.5. The van der Waals surface area contributed by atoms with Crippen LogP contribution in [0.15, 0.2) is 0 Å². The molecule has 2 heteroatoms. The second kappa shape index (κ2) is 16.9. The van der Waals surface area contributed by atoms with Gasteiger partial charge < -0.3 is 4.74 Å². The van der Waals surface area contributed by atoms with Crippen molar-refractivity contribution in [2.75, 3.05) is 0 Å². The Hall–Kier alpha value is -0.530. The molecule has 148 valence electrons. The van der Waals surface area contributed by atoms with Crippen molar-refractivity contribution in [2.24, 2.45) is 0 Å². The van der Waals surface area contributed by atoms with E-state index in [1.807, 2.05) is 0 Å². The summed E-state index contributed by atoms with van der Waals surface area (Å²) in [4.78, 5) is 12.0. The van der Waals surface area contributed by atoms with Crippen molar-refractivity contribution in [1.29, 1.82) is 0 Å². The summed E-state index contributed by atoms with van der Waals surface area (Å²) >= 11 is 0. The van der Waals surface area contributed by atoms with E-state index >= 15 is 0 Å². The Bertz CT molecular complexity index is 300. The molecule has 0 aromatic carbocycles. The molecule has 1 fully saturated rings. The van der Waals surface area contributed by atoms with Gasteiger partial charge >= 0.3 is 5.97 Å². The first-order valence-corrected chi connectivity index (χ1v) is 11.5. The van der Waals surface area contributed by atoms with E-state index in [-0.39, 0.29) is 12.1 Å². The zero-order valence-corrected chi connectivity index (χ0v) is 17.0. The summed E-state index contributed by atoms with van der Waals surface area (Å²) in [6.45, 7) is 2.28. The van der Waals surface area contributed by atoms with E-state index in [4.69, 9.17) is 4.74 Å². The normalized spacial score (nSPS) is 20.5. The van der Waals surface area contributed by atoms with Crippen LogP contribution in [0.2, 0.25) is 0 Å². The molecular formula is C23H44O2. The molecule has 1 atom stereocenters. The van der Waals surface area contributed by atoms with Crippen LogP contribution in [0.5, 0.6) is 0 Å². The lowest BCUT2D eigenvalue weighted by Crippen LogP contribution is -2.18. The molecule has 2 nitrogen and oxygen atoms in total. The van der Waals surface area contributed by atoms with Gasteiger partial charge in [0.05, 0.1) is 0 Å². The average molecular weight is 353 g/mol. The summed E-state index contributed by atoms with van der Waals surface area (Å²) in [5.74, 6) is 0.0534. The number of hydrogen-bond acceptors (Lipinski definition) is 2. The fourth-order valence-electron chi connectivity index (χ4n) is 3.89. The number of rotatable bonds is 11. The smallest absolute Gasteiger partial charge is 0.306 e. The molecule has 0 amide bonds. The quantitative estimate of drug-likeness (QED) is 0.281. The molecule has 1 rings (SSSR count). The van der Waals surface area contributed by atoms with Crippen LogP contribution in [0.25, 0.3) is 0 Å². The maximum absolute atomic E-state index is 12.0. The van der Waals surface area contributed by atoms with Gasteiger partial charge in [0.1, 0.15) is 6.10 Å². The topological polar surface area (TPSA) is 26.3 Å². The second-order valence-corrected chi connectivity index (χ2v) is 8.10. The van der Waals surface area contributed by atoms with E-state index in [0.717, 1.165) is 19.3 Å². The summed E-state index contributed by atoms with van der Waals surface area (Å²) in [7, 11) is 0. The number of unbranched alkanes of at least 4 members (excludes halogenated alkanes) is 9. The largest absolute Gasteiger partial charge is 0.462 e. The predicted octanol–water partition coefficient (Wildman–Crippen LogP) is 7.73. The Morgan fingerprint density at radius 1 is 0.720 bits per heavy atom. The SMILES string of the molecule is CCCCCCCCCCCCC1CCCCCCCCCC(=O)O1. The molecule has 1 heterocycles. The van der Waals surface area contributed by atoms with Gasteiger partial charge in [-0.1, -0.05) is 96.8 Å². The molecule has 0 aromatic heterocycles. The zero-order valence-electron chi connectivity index (χ0n) is 17.0. The van der Waals surface area contributed by atoms with Gasteiger partial charge in [-0.2, -0.15) is 0 Å². The number of esters is 1. The molecule has 0 bridgehead atoms. The van der Waals surface area contributed by atoms with Gasteiger partial charge in [0.15, 0.2) is 0 Å². The Balaban J connectivity index is 2.05.